The van der Waals surface area contributed by atoms with E-state index in [1.807, 2.05) is 11.4 Å². The topological polar surface area (TPSA) is 63.4 Å². The Morgan fingerprint density at radius 3 is 2.57 bits per heavy atom. The SMILES string of the molecule is CN(Cc1cc(Br)cs1)S(=O)(=O)c1cc(N)c(F)cc1Br. The molecular formula is C12H11Br2FN2O2S2. The molecule has 0 atom stereocenters. The second-order valence-corrected chi connectivity index (χ2v) is 9.08. The Morgan fingerprint density at radius 2 is 2.00 bits per heavy atom. The lowest BCUT2D eigenvalue weighted by molar-refractivity contribution is 0.469. The number of thiophene rings is 1. The van der Waals surface area contributed by atoms with Crippen LogP contribution in [0.25, 0.3) is 0 Å². The standard InChI is InChI=1S/C12H11Br2FN2O2S2/c1-17(5-8-2-7(13)6-20-8)21(18,19)12-4-11(16)10(15)3-9(12)14/h2-4,6H,5,16H2,1H3. The fourth-order valence-electron chi connectivity index (χ4n) is 1.65. The van der Waals surface area contributed by atoms with E-state index in [0.29, 0.717) is 0 Å². The molecule has 0 saturated heterocycles. The van der Waals surface area contributed by atoms with Crippen molar-refractivity contribution in [3.8, 4) is 0 Å². The first-order valence-electron chi connectivity index (χ1n) is 5.65. The summed E-state index contributed by atoms with van der Waals surface area (Å²) in [4.78, 5) is 0.832. The number of rotatable bonds is 4. The molecule has 0 amide bonds. The van der Waals surface area contributed by atoms with Crippen LogP contribution in [0.2, 0.25) is 0 Å². The lowest BCUT2D eigenvalue weighted by atomic mass is 10.3. The predicted octanol–water partition coefficient (Wildman–Crippen LogP) is 3.82. The van der Waals surface area contributed by atoms with Gasteiger partial charge in [0.05, 0.1) is 10.6 Å². The lowest BCUT2D eigenvalue weighted by Gasteiger charge is -2.17. The van der Waals surface area contributed by atoms with Crippen molar-refractivity contribution in [2.24, 2.45) is 0 Å². The fraction of sp³-hybridized carbons (Fsp3) is 0.167. The van der Waals surface area contributed by atoms with Gasteiger partial charge in [0, 0.05) is 32.8 Å². The summed E-state index contributed by atoms with van der Waals surface area (Å²) in [6.07, 6.45) is 0. The van der Waals surface area contributed by atoms with Gasteiger partial charge >= 0.3 is 0 Å². The van der Waals surface area contributed by atoms with Crippen LogP contribution >= 0.6 is 43.2 Å². The molecule has 1 aromatic carbocycles. The fourth-order valence-corrected chi connectivity index (χ4v) is 5.39. The number of sulfonamides is 1. The van der Waals surface area contributed by atoms with Crippen LogP contribution in [-0.4, -0.2) is 19.8 Å². The molecule has 21 heavy (non-hydrogen) atoms. The second kappa shape index (κ2) is 6.33. The van der Waals surface area contributed by atoms with Gasteiger partial charge in [-0.25, -0.2) is 12.8 Å². The van der Waals surface area contributed by atoms with Crippen molar-refractivity contribution < 1.29 is 12.8 Å². The summed E-state index contributed by atoms with van der Waals surface area (Å²) >= 11 is 7.84. The molecule has 2 N–H and O–H groups in total. The summed E-state index contributed by atoms with van der Waals surface area (Å²) in [6.45, 7) is 0.225. The van der Waals surface area contributed by atoms with Crippen LogP contribution in [0.15, 0.2) is 37.4 Å². The number of anilines is 1. The number of nitrogens with two attached hydrogens (primary N) is 1. The molecule has 0 bridgehead atoms. The van der Waals surface area contributed by atoms with Crippen molar-refractivity contribution in [3.63, 3.8) is 0 Å². The highest BCUT2D eigenvalue weighted by atomic mass is 79.9. The van der Waals surface area contributed by atoms with E-state index in [2.05, 4.69) is 31.9 Å². The van der Waals surface area contributed by atoms with E-state index < -0.39 is 15.8 Å². The van der Waals surface area contributed by atoms with Gasteiger partial charge in [0.1, 0.15) is 5.82 Å². The third kappa shape index (κ3) is 3.65. The predicted molar refractivity (Wildman–Crippen MR) is 89.2 cm³/mol. The minimum atomic E-state index is -3.77. The van der Waals surface area contributed by atoms with E-state index in [-0.39, 0.29) is 21.6 Å². The zero-order valence-electron chi connectivity index (χ0n) is 10.8. The molecule has 2 aromatic rings. The van der Waals surface area contributed by atoms with Gasteiger partial charge in [0.25, 0.3) is 0 Å². The third-order valence-electron chi connectivity index (χ3n) is 2.74. The average molecular weight is 458 g/mol. The highest BCUT2D eigenvalue weighted by Gasteiger charge is 2.25. The summed E-state index contributed by atoms with van der Waals surface area (Å²) in [5.41, 5.74) is 5.25. The number of halogens is 3. The van der Waals surface area contributed by atoms with E-state index in [1.54, 1.807) is 0 Å². The van der Waals surface area contributed by atoms with Gasteiger partial charge in [-0.15, -0.1) is 11.3 Å². The van der Waals surface area contributed by atoms with Crippen LogP contribution in [0.3, 0.4) is 0 Å². The highest BCUT2D eigenvalue weighted by molar-refractivity contribution is 9.10. The summed E-state index contributed by atoms with van der Waals surface area (Å²) in [5.74, 6) is -0.661. The molecule has 0 radical (unpaired) electrons. The van der Waals surface area contributed by atoms with E-state index in [4.69, 9.17) is 5.73 Å². The third-order valence-corrected chi connectivity index (χ3v) is 7.18. The van der Waals surface area contributed by atoms with Crippen LogP contribution < -0.4 is 5.73 Å². The maximum atomic E-state index is 13.3. The summed E-state index contributed by atoms with van der Waals surface area (Å²) in [7, 11) is -2.30. The number of benzene rings is 1. The van der Waals surface area contributed by atoms with Crippen molar-refractivity contribution in [3.05, 3.63) is 43.2 Å². The van der Waals surface area contributed by atoms with Gasteiger partial charge in [-0.1, -0.05) is 0 Å². The summed E-state index contributed by atoms with van der Waals surface area (Å²) < 4.78 is 40.7. The normalized spacial score (nSPS) is 12.0. The molecule has 4 nitrogen and oxygen atoms in total. The minimum Gasteiger partial charge on any atom is -0.396 e. The monoisotopic (exact) mass is 456 g/mol. The molecule has 1 aromatic heterocycles. The zero-order chi connectivity index (χ0) is 15.8. The van der Waals surface area contributed by atoms with Gasteiger partial charge in [-0.3, -0.25) is 0 Å². The Morgan fingerprint density at radius 1 is 1.33 bits per heavy atom. The molecule has 1 heterocycles. The van der Waals surface area contributed by atoms with Gasteiger partial charge in [-0.2, -0.15) is 4.31 Å². The van der Waals surface area contributed by atoms with Crippen molar-refractivity contribution in [2.45, 2.75) is 11.4 Å². The molecule has 0 spiro atoms. The van der Waals surface area contributed by atoms with E-state index in [1.165, 1.54) is 22.7 Å². The van der Waals surface area contributed by atoms with Gasteiger partial charge in [0.15, 0.2) is 0 Å². The molecule has 114 valence electrons. The van der Waals surface area contributed by atoms with Gasteiger partial charge in [-0.05, 0) is 50.1 Å². The molecule has 9 heteroatoms. The Hall–Kier alpha value is -0.480. The second-order valence-electron chi connectivity index (χ2n) is 4.30. The quantitative estimate of drug-likeness (QED) is 0.710. The van der Waals surface area contributed by atoms with Crippen LogP contribution in [-0.2, 0) is 16.6 Å². The highest BCUT2D eigenvalue weighted by Crippen LogP contribution is 2.30. The van der Waals surface area contributed by atoms with Crippen molar-refractivity contribution in [2.75, 3.05) is 12.8 Å². The van der Waals surface area contributed by atoms with Crippen molar-refractivity contribution in [1.82, 2.24) is 4.31 Å². The largest absolute Gasteiger partial charge is 0.396 e. The van der Waals surface area contributed by atoms with Crippen LogP contribution in [0.1, 0.15) is 4.88 Å². The van der Waals surface area contributed by atoms with Crippen LogP contribution in [0.5, 0.6) is 0 Å². The van der Waals surface area contributed by atoms with Crippen LogP contribution in [0.4, 0.5) is 10.1 Å². The van der Waals surface area contributed by atoms with Crippen molar-refractivity contribution in [1.29, 1.82) is 0 Å². The van der Waals surface area contributed by atoms with E-state index >= 15 is 0 Å². The zero-order valence-corrected chi connectivity index (χ0v) is 15.6. The summed E-state index contributed by atoms with van der Waals surface area (Å²) in [5, 5.41) is 1.88. The minimum absolute atomic E-state index is 0.0560. The number of nitrogen functional groups attached to an aromatic ring is 1. The number of hydrogen-bond acceptors (Lipinski definition) is 4. The first-order chi connectivity index (χ1) is 9.71. The van der Waals surface area contributed by atoms with E-state index in [0.717, 1.165) is 21.5 Å². The Bertz CT molecular complexity index is 778. The molecule has 0 fully saturated rings. The lowest BCUT2D eigenvalue weighted by Crippen LogP contribution is -2.26. The molecule has 0 unspecified atom stereocenters. The van der Waals surface area contributed by atoms with Gasteiger partial charge < -0.3 is 5.73 Å². The number of nitrogens with zero attached hydrogens (tertiary/aromatic N) is 1. The van der Waals surface area contributed by atoms with Crippen LogP contribution in [0, 0.1) is 5.82 Å². The molecule has 0 saturated carbocycles. The van der Waals surface area contributed by atoms with Gasteiger partial charge in [0.2, 0.25) is 10.0 Å². The van der Waals surface area contributed by atoms with E-state index in [9.17, 15) is 12.8 Å². The first kappa shape index (κ1) is 16.9. The average Bonchev–Trinajstić information content (AvgIpc) is 2.79. The van der Waals surface area contributed by atoms with Crippen molar-refractivity contribution >= 4 is 58.9 Å². The Balaban J connectivity index is 2.35. The molecular weight excluding hydrogens is 447 g/mol. The molecule has 0 aliphatic rings. The molecule has 0 aliphatic heterocycles. The molecule has 0 aliphatic carbocycles. The smallest absolute Gasteiger partial charge is 0.244 e. The number of hydrogen-bond donors (Lipinski definition) is 1. The maximum Gasteiger partial charge on any atom is 0.244 e. The Labute approximate surface area is 143 Å². The summed E-state index contributed by atoms with van der Waals surface area (Å²) in [6, 6.07) is 4.03. The molecule has 2 rings (SSSR count). The maximum absolute atomic E-state index is 13.3. The Kier molecular flexibility index (Phi) is 5.09. The first-order valence-corrected chi connectivity index (χ1v) is 9.56.